The van der Waals surface area contributed by atoms with E-state index in [1.807, 2.05) is 26.2 Å². The molecule has 1 unspecified atom stereocenters. The second-order valence-corrected chi connectivity index (χ2v) is 5.05. The molecular formula is C12H17NO2S. The topological polar surface area (TPSA) is 49.3 Å². The minimum absolute atomic E-state index is 0.0364. The van der Waals surface area contributed by atoms with Gasteiger partial charge in [0.05, 0.1) is 5.56 Å². The zero-order valence-electron chi connectivity index (χ0n) is 9.78. The molecule has 88 valence electrons. The highest BCUT2D eigenvalue weighted by molar-refractivity contribution is 7.99. The highest BCUT2D eigenvalue weighted by Crippen LogP contribution is 2.18. The predicted octanol–water partition coefficient (Wildman–Crippen LogP) is 2.18. The smallest absolute Gasteiger partial charge is 0.255 e. The SMILES string of the molecule is CSC(C)CNC(=O)c1ccc(C)cc1O. The van der Waals surface area contributed by atoms with Crippen molar-refractivity contribution < 1.29 is 9.90 Å². The summed E-state index contributed by atoms with van der Waals surface area (Å²) < 4.78 is 0. The number of hydrogen-bond donors (Lipinski definition) is 2. The summed E-state index contributed by atoms with van der Waals surface area (Å²) in [7, 11) is 0. The van der Waals surface area contributed by atoms with Gasteiger partial charge in [-0.2, -0.15) is 11.8 Å². The number of amides is 1. The molecule has 0 aliphatic rings. The molecule has 0 saturated carbocycles. The number of hydrogen-bond acceptors (Lipinski definition) is 3. The lowest BCUT2D eigenvalue weighted by molar-refractivity contribution is 0.0951. The van der Waals surface area contributed by atoms with E-state index in [2.05, 4.69) is 5.32 Å². The number of benzene rings is 1. The van der Waals surface area contributed by atoms with Crippen molar-refractivity contribution in [2.45, 2.75) is 19.1 Å². The van der Waals surface area contributed by atoms with Gasteiger partial charge in [-0.25, -0.2) is 0 Å². The molecule has 0 heterocycles. The first-order valence-corrected chi connectivity index (χ1v) is 6.44. The molecule has 4 heteroatoms. The molecule has 1 aromatic carbocycles. The molecule has 1 amide bonds. The zero-order valence-corrected chi connectivity index (χ0v) is 10.6. The van der Waals surface area contributed by atoms with Gasteiger partial charge in [0.15, 0.2) is 0 Å². The summed E-state index contributed by atoms with van der Waals surface area (Å²) in [5, 5.41) is 12.8. The number of carbonyl (C=O) groups is 1. The Labute approximate surface area is 100 Å². The highest BCUT2D eigenvalue weighted by atomic mass is 32.2. The molecule has 0 fully saturated rings. The van der Waals surface area contributed by atoms with Crippen LogP contribution in [0.25, 0.3) is 0 Å². The molecule has 16 heavy (non-hydrogen) atoms. The van der Waals surface area contributed by atoms with Crippen LogP contribution in [0.2, 0.25) is 0 Å². The number of phenols is 1. The molecule has 0 aromatic heterocycles. The van der Waals surface area contributed by atoms with Crippen molar-refractivity contribution in [2.75, 3.05) is 12.8 Å². The summed E-state index contributed by atoms with van der Waals surface area (Å²) in [5.74, 6) is -0.187. The van der Waals surface area contributed by atoms with E-state index in [1.54, 1.807) is 23.9 Å². The van der Waals surface area contributed by atoms with Crippen molar-refractivity contribution in [1.29, 1.82) is 0 Å². The number of rotatable bonds is 4. The van der Waals surface area contributed by atoms with Gasteiger partial charge in [-0.1, -0.05) is 13.0 Å². The van der Waals surface area contributed by atoms with Crippen LogP contribution in [0.1, 0.15) is 22.8 Å². The van der Waals surface area contributed by atoms with Gasteiger partial charge in [0.25, 0.3) is 5.91 Å². The van der Waals surface area contributed by atoms with Crippen molar-refractivity contribution in [2.24, 2.45) is 0 Å². The van der Waals surface area contributed by atoms with Crippen LogP contribution in [0.5, 0.6) is 5.75 Å². The molecule has 0 aliphatic carbocycles. The Morgan fingerprint density at radius 1 is 1.56 bits per heavy atom. The van der Waals surface area contributed by atoms with E-state index in [9.17, 15) is 9.90 Å². The number of nitrogens with one attached hydrogen (secondary N) is 1. The summed E-state index contributed by atoms with van der Waals surface area (Å²) in [6.07, 6.45) is 2.00. The normalized spacial score (nSPS) is 12.2. The van der Waals surface area contributed by atoms with E-state index >= 15 is 0 Å². The first-order chi connectivity index (χ1) is 7.54. The average molecular weight is 239 g/mol. The average Bonchev–Trinajstić information content (AvgIpc) is 2.25. The maximum Gasteiger partial charge on any atom is 0.255 e. The van der Waals surface area contributed by atoms with Crippen molar-refractivity contribution in [3.05, 3.63) is 29.3 Å². The largest absolute Gasteiger partial charge is 0.507 e. The third kappa shape index (κ3) is 3.45. The summed E-state index contributed by atoms with van der Waals surface area (Å²) in [6.45, 7) is 4.52. The van der Waals surface area contributed by atoms with Gasteiger partial charge in [-0.05, 0) is 30.9 Å². The quantitative estimate of drug-likeness (QED) is 0.846. The molecule has 0 bridgehead atoms. The van der Waals surface area contributed by atoms with Crippen LogP contribution >= 0.6 is 11.8 Å². The number of aromatic hydroxyl groups is 1. The first kappa shape index (κ1) is 12.9. The molecule has 0 radical (unpaired) electrons. The van der Waals surface area contributed by atoms with Gasteiger partial charge < -0.3 is 10.4 Å². The monoisotopic (exact) mass is 239 g/mol. The van der Waals surface area contributed by atoms with Crippen LogP contribution < -0.4 is 5.32 Å². The fourth-order valence-corrected chi connectivity index (χ4v) is 1.50. The summed E-state index contributed by atoms with van der Waals surface area (Å²) in [6, 6.07) is 5.04. The Bertz CT molecular complexity index is 379. The van der Waals surface area contributed by atoms with Crippen LogP contribution in [-0.4, -0.2) is 29.1 Å². The van der Waals surface area contributed by atoms with E-state index in [4.69, 9.17) is 0 Å². The number of aryl methyl sites for hydroxylation is 1. The lowest BCUT2D eigenvalue weighted by Gasteiger charge is -2.10. The van der Waals surface area contributed by atoms with Crippen LogP contribution in [0, 0.1) is 6.92 Å². The van der Waals surface area contributed by atoms with E-state index in [1.165, 1.54) is 0 Å². The Morgan fingerprint density at radius 3 is 2.81 bits per heavy atom. The Balaban J connectivity index is 2.66. The number of phenolic OH excluding ortho intramolecular Hbond substituents is 1. The maximum atomic E-state index is 11.7. The first-order valence-electron chi connectivity index (χ1n) is 5.15. The Morgan fingerprint density at radius 2 is 2.25 bits per heavy atom. The fourth-order valence-electron chi connectivity index (χ4n) is 1.25. The zero-order chi connectivity index (χ0) is 12.1. The number of thioether (sulfide) groups is 1. The summed E-state index contributed by atoms with van der Waals surface area (Å²) in [5.41, 5.74) is 1.27. The molecule has 1 rings (SSSR count). The van der Waals surface area contributed by atoms with Gasteiger partial charge in [-0.15, -0.1) is 0 Å². The molecule has 0 aliphatic heterocycles. The Kier molecular flexibility index (Phi) is 4.68. The van der Waals surface area contributed by atoms with Gasteiger partial charge in [-0.3, -0.25) is 4.79 Å². The molecule has 0 spiro atoms. The Hall–Kier alpha value is -1.16. The van der Waals surface area contributed by atoms with Gasteiger partial charge >= 0.3 is 0 Å². The van der Waals surface area contributed by atoms with Crippen LogP contribution in [0.15, 0.2) is 18.2 Å². The minimum Gasteiger partial charge on any atom is -0.507 e. The molecule has 2 N–H and O–H groups in total. The van der Waals surface area contributed by atoms with Crippen molar-refractivity contribution >= 4 is 17.7 Å². The van der Waals surface area contributed by atoms with Crippen LogP contribution in [0.4, 0.5) is 0 Å². The van der Waals surface area contributed by atoms with Crippen molar-refractivity contribution in [1.82, 2.24) is 5.32 Å². The molecule has 3 nitrogen and oxygen atoms in total. The van der Waals surface area contributed by atoms with Gasteiger partial charge in [0.1, 0.15) is 5.75 Å². The second-order valence-electron chi connectivity index (χ2n) is 3.78. The predicted molar refractivity (Wildman–Crippen MR) is 68.2 cm³/mol. The van der Waals surface area contributed by atoms with Crippen molar-refractivity contribution in [3.63, 3.8) is 0 Å². The van der Waals surface area contributed by atoms with Crippen LogP contribution in [0.3, 0.4) is 0 Å². The maximum absolute atomic E-state index is 11.7. The fraction of sp³-hybridized carbons (Fsp3) is 0.417. The molecular weight excluding hydrogens is 222 g/mol. The number of carbonyl (C=O) groups excluding carboxylic acids is 1. The van der Waals surface area contributed by atoms with Crippen LogP contribution in [-0.2, 0) is 0 Å². The van der Waals surface area contributed by atoms with Gasteiger partial charge in [0, 0.05) is 11.8 Å². The molecule has 0 saturated heterocycles. The second kappa shape index (κ2) is 5.80. The lowest BCUT2D eigenvalue weighted by Crippen LogP contribution is -2.29. The van der Waals surface area contributed by atoms with E-state index in [0.717, 1.165) is 5.56 Å². The van der Waals surface area contributed by atoms with E-state index in [-0.39, 0.29) is 11.7 Å². The third-order valence-electron chi connectivity index (χ3n) is 2.35. The third-order valence-corrected chi connectivity index (χ3v) is 3.32. The summed E-state index contributed by atoms with van der Waals surface area (Å²) in [4.78, 5) is 11.7. The van der Waals surface area contributed by atoms with Crippen molar-refractivity contribution in [3.8, 4) is 5.75 Å². The van der Waals surface area contributed by atoms with E-state index < -0.39 is 0 Å². The summed E-state index contributed by atoms with van der Waals surface area (Å²) >= 11 is 1.69. The standard InChI is InChI=1S/C12H17NO2S/c1-8-4-5-10(11(14)6-8)12(15)13-7-9(2)16-3/h4-6,9,14H,7H2,1-3H3,(H,13,15). The minimum atomic E-state index is -0.224. The molecule has 1 aromatic rings. The molecule has 1 atom stereocenters. The van der Waals surface area contributed by atoms with Gasteiger partial charge in [0.2, 0.25) is 0 Å². The highest BCUT2D eigenvalue weighted by Gasteiger charge is 2.11. The lowest BCUT2D eigenvalue weighted by atomic mass is 10.1. The van der Waals surface area contributed by atoms with E-state index in [0.29, 0.717) is 17.4 Å².